The van der Waals surface area contributed by atoms with E-state index in [4.69, 9.17) is 9.47 Å². The Morgan fingerprint density at radius 2 is 1.80 bits per heavy atom. The zero-order chi connectivity index (χ0) is 28.9. The molecule has 8 nitrogen and oxygen atoms in total. The number of alkyl halides is 3. The van der Waals surface area contributed by atoms with Crippen LogP contribution in [-0.2, 0) is 17.6 Å². The van der Waals surface area contributed by atoms with Crippen LogP contribution in [0, 0.1) is 21.4 Å². The van der Waals surface area contributed by atoms with E-state index in [1.54, 1.807) is 18.2 Å². The molecule has 40 heavy (non-hydrogen) atoms. The number of nitrogens with zero attached hydrogens (tertiary/aromatic N) is 2. The molecule has 0 saturated carbocycles. The number of ether oxygens (including phenoxy) is 2. The molecule has 0 atom stereocenters. The van der Waals surface area contributed by atoms with Crippen molar-refractivity contribution in [2.24, 2.45) is 0 Å². The van der Waals surface area contributed by atoms with E-state index in [9.17, 15) is 33.3 Å². The predicted octanol–water partition coefficient (Wildman–Crippen LogP) is 6.90. The smallest absolute Gasteiger partial charge is 0.418 e. The van der Waals surface area contributed by atoms with E-state index in [1.165, 1.54) is 19.3 Å². The van der Waals surface area contributed by atoms with E-state index < -0.39 is 39.5 Å². The fourth-order valence-corrected chi connectivity index (χ4v) is 3.96. The number of hydrogen-bond acceptors (Lipinski definition) is 6. The lowest BCUT2D eigenvalue weighted by atomic mass is 10.1. The molecule has 11 heteroatoms. The molecule has 202 valence electrons. The van der Waals surface area contributed by atoms with Crippen LogP contribution in [0.3, 0.4) is 0 Å². The second kappa shape index (κ2) is 11.6. The van der Waals surface area contributed by atoms with Gasteiger partial charge in [-0.1, -0.05) is 48.5 Å². The monoisotopic (exact) mass is 547 g/mol. The number of non-ortho nitro benzene ring substituents is 1. The van der Waals surface area contributed by atoms with E-state index in [2.05, 4.69) is 0 Å². The van der Waals surface area contributed by atoms with Crippen molar-refractivity contribution in [1.82, 2.24) is 0 Å². The second-order valence-corrected chi connectivity index (χ2v) is 8.45. The molecule has 0 bridgehead atoms. The summed E-state index contributed by atoms with van der Waals surface area (Å²) in [5.74, 6) is -0.422. The van der Waals surface area contributed by atoms with E-state index in [0.717, 1.165) is 28.5 Å². The van der Waals surface area contributed by atoms with E-state index in [-0.39, 0.29) is 6.61 Å². The van der Waals surface area contributed by atoms with Gasteiger partial charge in [-0.2, -0.15) is 18.4 Å². The van der Waals surface area contributed by atoms with Crippen LogP contribution >= 0.6 is 0 Å². The summed E-state index contributed by atoms with van der Waals surface area (Å²) in [6.07, 6.45) is -3.81. The van der Waals surface area contributed by atoms with Gasteiger partial charge in [-0.15, -0.1) is 0 Å². The Kier molecular flexibility index (Phi) is 8.00. The number of nitrogens with one attached hydrogen (secondary N) is 1. The summed E-state index contributed by atoms with van der Waals surface area (Å²) in [7, 11) is 1.42. The number of carbonyl (C=O) groups excluding carboxylic acids is 1. The minimum atomic E-state index is -4.99. The number of nitriles is 1. The molecular formula is C29H20F3N3O5. The van der Waals surface area contributed by atoms with E-state index >= 15 is 0 Å². The quantitative estimate of drug-likeness (QED) is 0.111. The third kappa shape index (κ3) is 6.19. The number of fused-ring (bicyclic) bond motifs is 1. The van der Waals surface area contributed by atoms with Gasteiger partial charge in [0.25, 0.3) is 11.6 Å². The zero-order valence-electron chi connectivity index (χ0n) is 20.9. The molecule has 0 aromatic heterocycles. The highest BCUT2D eigenvalue weighted by atomic mass is 19.4. The summed E-state index contributed by atoms with van der Waals surface area (Å²) in [4.78, 5) is 22.6. The van der Waals surface area contributed by atoms with Gasteiger partial charge >= 0.3 is 6.18 Å². The first kappa shape index (κ1) is 27.7. The maximum atomic E-state index is 13.5. The highest BCUT2D eigenvalue weighted by Crippen LogP contribution is 2.37. The molecule has 1 amide bonds. The third-order valence-electron chi connectivity index (χ3n) is 5.89. The second-order valence-electron chi connectivity index (χ2n) is 8.45. The Labute approximate surface area is 226 Å². The van der Waals surface area contributed by atoms with Crippen molar-refractivity contribution >= 4 is 34.1 Å². The number of nitro groups is 1. The first-order valence-corrected chi connectivity index (χ1v) is 11.7. The number of hydrogen-bond donors (Lipinski definition) is 1. The van der Waals surface area contributed by atoms with Crippen molar-refractivity contribution in [2.75, 3.05) is 12.4 Å². The van der Waals surface area contributed by atoms with Gasteiger partial charge in [0.05, 0.1) is 23.3 Å². The van der Waals surface area contributed by atoms with Gasteiger partial charge in [0.2, 0.25) is 0 Å². The Morgan fingerprint density at radius 3 is 2.50 bits per heavy atom. The number of nitro benzene ring substituents is 1. The molecule has 0 aliphatic heterocycles. The largest absolute Gasteiger partial charge is 0.493 e. The number of amides is 1. The number of benzene rings is 4. The zero-order valence-corrected chi connectivity index (χ0v) is 20.9. The molecule has 0 saturated heterocycles. The topological polar surface area (TPSA) is 114 Å². The number of carbonyl (C=O) groups is 1. The third-order valence-corrected chi connectivity index (χ3v) is 5.89. The van der Waals surface area contributed by atoms with Gasteiger partial charge in [0.15, 0.2) is 11.5 Å². The summed E-state index contributed by atoms with van der Waals surface area (Å²) in [6, 6.07) is 21.9. The molecule has 0 aliphatic carbocycles. The number of methoxy groups -OCH3 is 1. The average molecular weight is 547 g/mol. The van der Waals surface area contributed by atoms with Crippen molar-refractivity contribution in [1.29, 1.82) is 5.26 Å². The van der Waals surface area contributed by atoms with Crippen LogP contribution in [0.1, 0.15) is 16.7 Å². The maximum Gasteiger partial charge on any atom is 0.418 e. The maximum absolute atomic E-state index is 13.5. The molecule has 0 unspecified atom stereocenters. The van der Waals surface area contributed by atoms with Crippen LogP contribution in [0.2, 0.25) is 0 Å². The molecule has 0 spiro atoms. The molecule has 0 heterocycles. The SMILES string of the molecule is COc1cc(/C=C(\C#N)C(=O)Nc2ccc([N+](=O)[O-])cc2C(F)(F)F)ccc1OCc1cccc2ccccc12. The number of anilines is 1. The summed E-state index contributed by atoms with van der Waals surface area (Å²) >= 11 is 0. The number of halogens is 3. The predicted molar refractivity (Wildman–Crippen MR) is 142 cm³/mol. The minimum absolute atomic E-state index is 0.246. The first-order chi connectivity index (χ1) is 19.1. The molecule has 4 aromatic rings. The van der Waals surface area contributed by atoms with Crippen LogP contribution in [0.5, 0.6) is 11.5 Å². The summed E-state index contributed by atoms with van der Waals surface area (Å²) in [6.45, 7) is 0.246. The fraction of sp³-hybridized carbons (Fsp3) is 0.103. The summed E-state index contributed by atoms with van der Waals surface area (Å²) in [5, 5.41) is 24.5. The van der Waals surface area contributed by atoms with Gasteiger partial charge < -0.3 is 14.8 Å². The summed E-state index contributed by atoms with van der Waals surface area (Å²) < 4.78 is 51.7. The lowest BCUT2D eigenvalue weighted by Crippen LogP contribution is -2.18. The van der Waals surface area contributed by atoms with Gasteiger partial charge in [-0.3, -0.25) is 14.9 Å². The molecule has 1 N–H and O–H groups in total. The minimum Gasteiger partial charge on any atom is -0.493 e. The number of rotatable bonds is 8. The molecule has 0 fully saturated rings. The van der Waals surface area contributed by atoms with Crippen molar-refractivity contribution in [3.63, 3.8) is 0 Å². The van der Waals surface area contributed by atoms with Gasteiger partial charge in [-0.05, 0) is 46.2 Å². The van der Waals surface area contributed by atoms with Crippen LogP contribution in [0.15, 0.2) is 84.4 Å². The molecule has 0 aliphatic rings. The Hall–Kier alpha value is -5.37. The average Bonchev–Trinajstić information content (AvgIpc) is 2.94. The molecule has 4 rings (SSSR count). The van der Waals surface area contributed by atoms with Crippen LogP contribution in [-0.4, -0.2) is 17.9 Å². The van der Waals surface area contributed by atoms with Gasteiger partial charge in [0.1, 0.15) is 18.2 Å². The summed E-state index contributed by atoms with van der Waals surface area (Å²) in [5.41, 5.74) is -2.13. The first-order valence-electron chi connectivity index (χ1n) is 11.7. The lowest BCUT2D eigenvalue weighted by molar-refractivity contribution is -0.385. The van der Waals surface area contributed by atoms with Crippen molar-refractivity contribution < 1.29 is 32.4 Å². The van der Waals surface area contributed by atoms with Crippen molar-refractivity contribution in [3.05, 3.63) is 111 Å². The van der Waals surface area contributed by atoms with Crippen LogP contribution < -0.4 is 14.8 Å². The standard InChI is InChI=1S/C29H20F3N3O5/c1-39-27-14-18(9-12-26(27)40-17-20-7-4-6-19-5-2-3-8-23(19)20)13-21(16-33)28(36)34-25-11-10-22(35(37)38)15-24(25)29(30,31)32/h2-15H,17H2,1H3,(H,34,36)/b21-13+. The van der Waals surface area contributed by atoms with E-state index in [0.29, 0.717) is 23.1 Å². The van der Waals surface area contributed by atoms with Crippen LogP contribution in [0.25, 0.3) is 16.8 Å². The van der Waals surface area contributed by atoms with Crippen LogP contribution in [0.4, 0.5) is 24.5 Å². The van der Waals surface area contributed by atoms with Gasteiger partial charge in [0, 0.05) is 12.1 Å². The molecule has 4 aromatic carbocycles. The Balaban J connectivity index is 1.55. The Morgan fingerprint density at radius 1 is 1.05 bits per heavy atom. The lowest BCUT2D eigenvalue weighted by Gasteiger charge is -2.14. The Bertz CT molecular complexity index is 1670. The van der Waals surface area contributed by atoms with Crippen molar-refractivity contribution in [3.8, 4) is 17.6 Å². The molecular weight excluding hydrogens is 527 g/mol. The van der Waals surface area contributed by atoms with E-state index in [1.807, 2.05) is 47.8 Å². The highest BCUT2D eigenvalue weighted by Gasteiger charge is 2.36. The van der Waals surface area contributed by atoms with Crippen molar-refractivity contribution in [2.45, 2.75) is 12.8 Å². The fourth-order valence-electron chi connectivity index (χ4n) is 3.96. The normalized spacial score (nSPS) is 11.5. The van der Waals surface area contributed by atoms with Gasteiger partial charge in [-0.25, -0.2) is 0 Å². The highest BCUT2D eigenvalue weighted by molar-refractivity contribution is 6.10. The molecule has 0 radical (unpaired) electrons.